The number of likely N-dealkylation sites (tertiary alicyclic amines) is 1. The standard InChI is InChI=1S/C24H27N3O2/c1-2-18-10-12-19(13-11-18)23-21(16-26-14-6-7-20(15-26)24(28)29)17-27(25-23)22-8-4-3-5-9-22/h3-5,8-13,17,20H,2,6-7,14-16H2,1H3,(H,28,29). The van der Waals surface area contributed by atoms with Crippen LogP contribution in [0, 0.1) is 5.92 Å². The number of nitrogens with zero attached hydrogens (tertiary/aromatic N) is 3. The van der Waals surface area contributed by atoms with Crippen molar-refractivity contribution in [1.29, 1.82) is 0 Å². The van der Waals surface area contributed by atoms with Crippen LogP contribution >= 0.6 is 0 Å². The quantitative estimate of drug-likeness (QED) is 0.679. The number of aryl methyl sites for hydroxylation is 1. The summed E-state index contributed by atoms with van der Waals surface area (Å²) in [6.07, 6.45) is 4.78. The number of aromatic nitrogens is 2. The molecule has 29 heavy (non-hydrogen) atoms. The van der Waals surface area contributed by atoms with Crippen LogP contribution in [0.2, 0.25) is 0 Å². The SMILES string of the molecule is CCc1ccc(-c2nn(-c3ccccc3)cc2CN2CCCC(C(=O)O)C2)cc1. The summed E-state index contributed by atoms with van der Waals surface area (Å²) in [6, 6.07) is 18.7. The second-order valence-electron chi connectivity index (χ2n) is 7.75. The number of carbonyl (C=O) groups is 1. The molecule has 5 heteroatoms. The minimum atomic E-state index is -0.690. The molecule has 5 nitrogen and oxygen atoms in total. The fourth-order valence-electron chi connectivity index (χ4n) is 4.02. The van der Waals surface area contributed by atoms with Gasteiger partial charge in [0.05, 0.1) is 17.3 Å². The molecule has 1 fully saturated rings. The first kappa shape index (κ1) is 19.4. The Kier molecular flexibility index (Phi) is 5.76. The summed E-state index contributed by atoms with van der Waals surface area (Å²) in [6.45, 7) is 4.38. The van der Waals surface area contributed by atoms with E-state index in [0.717, 1.165) is 48.3 Å². The Hall–Kier alpha value is -2.92. The fraction of sp³-hybridized carbons (Fsp3) is 0.333. The monoisotopic (exact) mass is 389 g/mol. The van der Waals surface area contributed by atoms with E-state index in [1.807, 2.05) is 35.0 Å². The molecule has 1 aromatic heterocycles. The van der Waals surface area contributed by atoms with Crippen molar-refractivity contribution in [2.24, 2.45) is 5.92 Å². The van der Waals surface area contributed by atoms with Gasteiger partial charge >= 0.3 is 5.97 Å². The number of carboxylic acids is 1. The zero-order valence-electron chi connectivity index (χ0n) is 16.8. The maximum absolute atomic E-state index is 11.4. The first-order valence-corrected chi connectivity index (χ1v) is 10.3. The lowest BCUT2D eigenvalue weighted by Crippen LogP contribution is -2.38. The van der Waals surface area contributed by atoms with E-state index in [0.29, 0.717) is 13.1 Å². The van der Waals surface area contributed by atoms with E-state index in [1.165, 1.54) is 5.56 Å². The molecule has 1 aliphatic rings. The van der Waals surface area contributed by atoms with E-state index < -0.39 is 5.97 Å². The maximum Gasteiger partial charge on any atom is 0.307 e. The summed E-state index contributed by atoms with van der Waals surface area (Å²) in [7, 11) is 0. The third-order valence-electron chi connectivity index (χ3n) is 5.70. The van der Waals surface area contributed by atoms with E-state index in [4.69, 9.17) is 5.10 Å². The highest BCUT2D eigenvalue weighted by Crippen LogP contribution is 2.27. The van der Waals surface area contributed by atoms with Gasteiger partial charge < -0.3 is 5.11 Å². The molecule has 1 unspecified atom stereocenters. The lowest BCUT2D eigenvalue weighted by Gasteiger charge is -2.30. The molecule has 2 heterocycles. The number of hydrogen-bond acceptors (Lipinski definition) is 3. The van der Waals surface area contributed by atoms with Crippen molar-refractivity contribution >= 4 is 5.97 Å². The molecule has 0 spiro atoms. The van der Waals surface area contributed by atoms with Crippen LogP contribution in [0.5, 0.6) is 0 Å². The summed E-state index contributed by atoms with van der Waals surface area (Å²) in [5.74, 6) is -0.967. The van der Waals surface area contributed by atoms with Crippen LogP contribution in [-0.4, -0.2) is 38.8 Å². The average Bonchev–Trinajstić information content (AvgIpc) is 3.18. The van der Waals surface area contributed by atoms with Crippen molar-refractivity contribution in [3.63, 3.8) is 0 Å². The van der Waals surface area contributed by atoms with Gasteiger partial charge in [-0.15, -0.1) is 0 Å². The minimum absolute atomic E-state index is 0.278. The van der Waals surface area contributed by atoms with Gasteiger partial charge in [0.2, 0.25) is 0 Å². The summed E-state index contributed by atoms with van der Waals surface area (Å²) in [5, 5.41) is 14.3. The largest absolute Gasteiger partial charge is 0.481 e. The van der Waals surface area contributed by atoms with Crippen molar-refractivity contribution in [2.75, 3.05) is 13.1 Å². The van der Waals surface area contributed by atoms with E-state index >= 15 is 0 Å². The van der Waals surface area contributed by atoms with E-state index in [9.17, 15) is 9.90 Å². The van der Waals surface area contributed by atoms with Crippen LogP contribution in [0.4, 0.5) is 0 Å². The highest BCUT2D eigenvalue weighted by Gasteiger charge is 2.26. The number of hydrogen-bond donors (Lipinski definition) is 1. The number of carboxylic acid groups (broad SMARTS) is 1. The molecule has 4 rings (SSSR count). The lowest BCUT2D eigenvalue weighted by atomic mass is 9.97. The smallest absolute Gasteiger partial charge is 0.307 e. The molecular weight excluding hydrogens is 362 g/mol. The van der Waals surface area contributed by atoms with Crippen LogP contribution in [0.25, 0.3) is 16.9 Å². The summed E-state index contributed by atoms with van der Waals surface area (Å²) >= 11 is 0. The zero-order valence-corrected chi connectivity index (χ0v) is 16.8. The first-order valence-electron chi connectivity index (χ1n) is 10.3. The molecule has 1 atom stereocenters. The topological polar surface area (TPSA) is 58.4 Å². The van der Waals surface area contributed by atoms with Crippen LogP contribution in [-0.2, 0) is 17.8 Å². The van der Waals surface area contributed by atoms with Gasteiger partial charge in [-0.05, 0) is 43.5 Å². The van der Waals surface area contributed by atoms with Gasteiger partial charge in [0, 0.05) is 30.4 Å². The highest BCUT2D eigenvalue weighted by molar-refractivity contribution is 5.70. The Balaban J connectivity index is 1.67. The molecule has 0 bridgehead atoms. The maximum atomic E-state index is 11.4. The second kappa shape index (κ2) is 8.62. The predicted molar refractivity (Wildman–Crippen MR) is 114 cm³/mol. The molecule has 1 aliphatic heterocycles. The molecule has 0 amide bonds. The molecule has 1 N–H and O–H groups in total. The molecule has 0 aliphatic carbocycles. The Morgan fingerprint density at radius 2 is 1.90 bits per heavy atom. The first-order chi connectivity index (χ1) is 14.1. The van der Waals surface area contributed by atoms with Crippen LogP contribution < -0.4 is 0 Å². The van der Waals surface area contributed by atoms with Crippen molar-refractivity contribution in [3.05, 3.63) is 71.9 Å². The van der Waals surface area contributed by atoms with E-state index in [2.05, 4.69) is 42.3 Å². The van der Waals surface area contributed by atoms with Gasteiger partial charge in [-0.2, -0.15) is 5.10 Å². The average molecular weight is 389 g/mol. The lowest BCUT2D eigenvalue weighted by molar-refractivity contribution is -0.143. The second-order valence-corrected chi connectivity index (χ2v) is 7.75. The third kappa shape index (κ3) is 4.40. The molecular formula is C24H27N3O2. The number of rotatable bonds is 6. The molecule has 150 valence electrons. The molecule has 2 aromatic carbocycles. The third-order valence-corrected chi connectivity index (χ3v) is 5.70. The Labute approximate surface area is 171 Å². The molecule has 3 aromatic rings. The summed E-state index contributed by atoms with van der Waals surface area (Å²) in [5.41, 5.74) is 5.52. The van der Waals surface area contributed by atoms with Crippen LogP contribution in [0.15, 0.2) is 60.8 Å². The van der Waals surface area contributed by atoms with Gasteiger partial charge in [0.15, 0.2) is 0 Å². The van der Waals surface area contributed by atoms with E-state index in [1.54, 1.807) is 0 Å². The molecule has 1 saturated heterocycles. The van der Waals surface area contributed by atoms with Gasteiger partial charge in [-0.3, -0.25) is 9.69 Å². The zero-order chi connectivity index (χ0) is 20.2. The van der Waals surface area contributed by atoms with Gasteiger partial charge in [-0.25, -0.2) is 4.68 Å². The Morgan fingerprint density at radius 1 is 1.14 bits per heavy atom. The van der Waals surface area contributed by atoms with Gasteiger partial charge in [0.1, 0.15) is 0 Å². The van der Waals surface area contributed by atoms with Crippen molar-refractivity contribution in [2.45, 2.75) is 32.7 Å². The van der Waals surface area contributed by atoms with E-state index in [-0.39, 0.29) is 5.92 Å². The summed E-state index contributed by atoms with van der Waals surface area (Å²) < 4.78 is 1.93. The van der Waals surface area contributed by atoms with Crippen LogP contribution in [0.3, 0.4) is 0 Å². The van der Waals surface area contributed by atoms with Crippen LogP contribution in [0.1, 0.15) is 30.9 Å². The summed E-state index contributed by atoms with van der Waals surface area (Å²) in [4.78, 5) is 13.7. The number of para-hydroxylation sites is 1. The predicted octanol–water partition coefficient (Wildman–Crippen LogP) is 4.40. The Morgan fingerprint density at radius 3 is 2.59 bits per heavy atom. The van der Waals surface area contributed by atoms with Crippen molar-refractivity contribution in [1.82, 2.24) is 14.7 Å². The Bertz CT molecular complexity index is 964. The van der Waals surface area contributed by atoms with Gasteiger partial charge in [0.25, 0.3) is 0 Å². The fourth-order valence-corrected chi connectivity index (χ4v) is 4.02. The molecule has 0 saturated carbocycles. The number of benzene rings is 2. The van der Waals surface area contributed by atoms with Gasteiger partial charge in [-0.1, -0.05) is 49.4 Å². The van der Waals surface area contributed by atoms with Crippen molar-refractivity contribution in [3.8, 4) is 16.9 Å². The minimum Gasteiger partial charge on any atom is -0.481 e. The molecule has 0 radical (unpaired) electrons. The highest BCUT2D eigenvalue weighted by atomic mass is 16.4. The van der Waals surface area contributed by atoms with Crippen molar-refractivity contribution < 1.29 is 9.90 Å². The normalized spacial score (nSPS) is 17.3. The number of aliphatic carboxylic acids is 1. The number of piperidine rings is 1.